The predicted octanol–water partition coefficient (Wildman–Crippen LogP) is -4.34. The SMILES string of the molecule is CCC(O)C(O)C(O[C@@H]1O[C@H](CO)[C@H](O)[C@H](O)[C@H]1O)C(O)CO. The van der Waals surface area contributed by atoms with Gasteiger partial charge in [0.1, 0.15) is 42.7 Å². The van der Waals surface area contributed by atoms with Crippen molar-refractivity contribution in [2.45, 2.75) is 68.5 Å². The largest absolute Gasteiger partial charge is 0.394 e. The fourth-order valence-corrected chi connectivity index (χ4v) is 2.30. The Morgan fingerprint density at radius 1 is 0.957 bits per heavy atom. The molecule has 23 heavy (non-hydrogen) atoms. The summed E-state index contributed by atoms with van der Waals surface area (Å²) in [6.07, 6.45) is -13.7. The van der Waals surface area contributed by atoms with E-state index in [4.69, 9.17) is 19.7 Å². The highest BCUT2D eigenvalue weighted by Gasteiger charge is 2.46. The summed E-state index contributed by atoms with van der Waals surface area (Å²) in [6.45, 7) is 0.109. The topological polar surface area (TPSA) is 180 Å². The Labute approximate surface area is 133 Å². The second-order valence-electron chi connectivity index (χ2n) is 5.51. The zero-order valence-corrected chi connectivity index (χ0v) is 12.7. The van der Waals surface area contributed by atoms with Gasteiger partial charge >= 0.3 is 0 Å². The molecule has 0 aromatic rings. The average molecular weight is 342 g/mol. The molecule has 1 saturated heterocycles. The van der Waals surface area contributed by atoms with Crippen LogP contribution in [0.1, 0.15) is 13.3 Å². The molecule has 0 bridgehead atoms. The van der Waals surface area contributed by atoms with Crippen LogP contribution in [-0.2, 0) is 9.47 Å². The molecule has 1 heterocycles. The molecule has 1 aliphatic heterocycles. The van der Waals surface area contributed by atoms with Gasteiger partial charge in [-0.15, -0.1) is 0 Å². The lowest BCUT2D eigenvalue weighted by Gasteiger charge is -2.42. The van der Waals surface area contributed by atoms with Crippen LogP contribution in [0.4, 0.5) is 0 Å². The number of hydrogen-bond acceptors (Lipinski definition) is 10. The predicted molar refractivity (Wildman–Crippen MR) is 74.0 cm³/mol. The van der Waals surface area contributed by atoms with E-state index in [-0.39, 0.29) is 6.42 Å². The minimum absolute atomic E-state index is 0.133. The van der Waals surface area contributed by atoms with E-state index in [1.807, 2.05) is 0 Å². The van der Waals surface area contributed by atoms with Crippen molar-refractivity contribution in [3.05, 3.63) is 0 Å². The maximum Gasteiger partial charge on any atom is 0.187 e. The van der Waals surface area contributed by atoms with Gasteiger partial charge in [-0.25, -0.2) is 0 Å². The first-order chi connectivity index (χ1) is 10.8. The van der Waals surface area contributed by atoms with E-state index in [2.05, 4.69) is 0 Å². The Hall–Kier alpha value is -0.400. The van der Waals surface area contributed by atoms with Crippen molar-refractivity contribution < 1.29 is 50.3 Å². The highest BCUT2D eigenvalue weighted by Crippen LogP contribution is 2.25. The maximum absolute atomic E-state index is 9.99. The molecule has 0 saturated carbocycles. The summed E-state index contributed by atoms with van der Waals surface area (Å²) in [6, 6.07) is 0. The van der Waals surface area contributed by atoms with Crippen molar-refractivity contribution in [1.29, 1.82) is 0 Å². The normalized spacial score (nSPS) is 37.2. The van der Waals surface area contributed by atoms with Gasteiger partial charge in [0.25, 0.3) is 0 Å². The third-order valence-electron chi connectivity index (χ3n) is 3.86. The number of rotatable bonds is 8. The van der Waals surface area contributed by atoms with E-state index in [9.17, 15) is 30.6 Å². The molecule has 0 spiro atoms. The van der Waals surface area contributed by atoms with Gasteiger partial charge in [-0.3, -0.25) is 0 Å². The monoisotopic (exact) mass is 342 g/mol. The summed E-state index contributed by atoms with van der Waals surface area (Å²) in [4.78, 5) is 0. The van der Waals surface area contributed by atoms with Crippen LogP contribution >= 0.6 is 0 Å². The van der Waals surface area contributed by atoms with E-state index in [0.29, 0.717) is 0 Å². The Kier molecular flexibility index (Phi) is 8.24. The lowest BCUT2D eigenvalue weighted by atomic mass is 9.98. The van der Waals surface area contributed by atoms with Gasteiger partial charge in [0.2, 0.25) is 0 Å². The van der Waals surface area contributed by atoms with Crippen molar-refractivity contribution in [1.82, 2.24) is 0 Å². The fraction of sp³-hybridized carbons (Fsp3) is 1.00. The summed E-state index contributed by atoms with van der Waals surface area (Å²) in [7, 11) is 0. The third-order valence-corrected chi connectivity index (χ3v) is 3.86. The summed E-state index contributed by atoms with van der Waals surface area (Å²) in [5.41, 5.74) is 0. The van der Waals surface area contributed by atoms with Gasteiger partial charge < -0.3 is 50.3 Å². The van der Waals surface area contributed by atoms with Gasteiger partial charge in [-0.2, -0.15) is 0 Å². The molecule has 138 valence electrons. The number of ether oxygens (including phenoxy) is 2. The van der Waals surface area contributed by atoms with Gasteiger partial charge in [0.05, 0.1) is 19.3 Å². The summed E-state index contributed by atoms with van der Waals surface area (Å²) in [5, 5.41) is 76.8. The van der Waals surface area contributed by atoms with Crippen LogP contribution in [0.5, 0.6) is 0 Å². The number of aliphatic hydroxyl groups is 8. The van der Waals surface area contributed by atoms with Crippen LogP contribution in [-0.4, -0.2) is 109 Å². The molecule has 8 N–H and O–H groups in total. The van der Waals surface area contributed by atoms with Crippen molar-refractivity contribution in [2.75, 3.05) is 13.2 Å². The van der Waals surface area contributed by atoms with Gasteiger partial charge in [0, 0.05) is 0 Å². The summed E-state index contributed by atoms with van der Waals surface area (Å²) < 4.78 is 10.3. The second kappa shape index (κ2) is 9.18. The first kappa shape index (κ1) is 20.6. The molecule has 4 unspecified atom stereocenters. The molecule has 0 aromatic heterocycles. The lowest BCUT2D eigenvalue weighted by molar-refractivity contribution is -0.327. The van der Waals surface area contributed by atoms with Crippen LogP contribution < -0.4 is 0 Å². The smallest absolute Gasteiger partial charge is 0.187 e. The number of aliphatic hydroxyl groups excluding tert-OH is 8. The highest BCUT2D eigenvalue weighted by atomic mass is 16.7. The first-order valence-electron chi connectivity index (χ1n) is 7.39. The van der Waals surface area contributed by atoms with Crippen molar-refractivity contribution in [3.8, 4) is 0 Å². The average Bonchev–Trinajstić information content (AvgIpc) is 2.57. The van der Waals surface area contributed by atoms with E-state index >= 15 is 0 Å². The second-order valence-corrected chi connectivity index (χ2v) is 5.51. The quantitative estimate of drug-likeness (QED) is 0.215. The van der Waals surface area contributed by atoms with E-state index in [0.717, 1.165) is 0 Å². The molecule has 1 aliphatic rings. The maximum atomic E-state index is 9.99. The van der Waals surface area contributed by atoms with E-state index in [1.54, 1.807) is 6.92 Å². The van der Waals surface area contributed by atoms with Crippen molar-refractivity contribution in [3.63, 3.8) is 0 Å². The molecule has 0 aromatic carbocycles. The molecule has 1 rings (SSSR count). The molecule has 1 fully saturated rings. The molecular formula is C13H26O10. The van der Waals surface area contributed by atoms with Crippen LogP contribution in [0.2, 0.25) is 0 Å². The standard InChI is InChI=1S/C13H26O10/c1-2-5(16)8(18)12(6(17)3-14)23-13-11(21)10(20)9(19)7(4-15)22-13/h5-21H,2-4H2,1H3/t5?,6?,7-,8?,9+,10+,11-,12?,13+/m1/s1. The lowest BCUT2D eigenvalue weighted by Crippen LogP contribution is -2.61. The zero-order valence-electron chi connectivity index (χ0n) is 12.7. The van der Waals surface area contributed by atoms with E-state index < -0.39 is 68.3 Å². The Morgan fingerprint density at radius 3 is 2.04 bits per heavy atom. The minimum Gasteiger partial charge on any atom is -0.394 e. The van der Waals surface area contributed by atoms with Crippen LogP contribution in [0.25, 0.3) is 0 Å². The van der Waals surface area contributed by atoms with E-state index in [1.165, 1.54) is 0 Å². The highest BCUT2D eigenvalue weighted by molar-refractivity contribution is 4.91. The Balaban J connectivity index is 2.89. The zero-order chi connectivity index (χ0) is 17.7. The van der Waals surface area contributed by atoms with Gasteiger partial charge in [-0.05, 0) is 6.42 Å². The molecule has 10 heteroatoms. The fourth-order valence-electron chi connectivity index (χ4n) is 2.30. The minimum atomic E-state index is -1.73. The Bertz CT molecular complexity index is 341. The molecule has 10 nitrogen and oxygen atoms in total. The molecule has 9 atom stereocenters. The van der Waals surface area contributed by atoms with Crippen molar-refractivity contribution >= 4 is 0 Å². The third kappa shape index (κ3) is 4.79. The summed E-state index contributed by atoms with van der Waals surface area (Å²) >= 11 is 0. The molecule has 0 amide bonds. The van der Waals surface area contributed by atoms with Gasteiger partial charge in [0.15, 0.2) is 6.29 Å². The molecule has 0 radical (unpaired) electrons. The van der Waals surface area contributed by atoms with Crippen molar-refractivity contribution in [2.24, 2.45) is 0 Å². The summed E-state index contributed by atoms with van der Waals surface area (Å²) in [5.74, 6) is 0. The molecular weight excluding hydrogens is 316 g/mol. The van der Waals surface area contributed by atoms with Gasteiger partial charge in [-0.1, -0.05) is 6.92 Å². The Morgan fingerprint density at radius 2 is 1.57 bits per heavy atom. The van der Waals surface area contributed by atoms with Crippen LogP contribution in [0.15, 0.2) is 0 Å². The van der Waals surface area contributed by atoms with Crippen LogP contribution in [0, 0.1) is 0 Å². The van der Waals surface area contributed by atoms with Crippen LogP contribution in [0.3, 0.4) is 0 Å². The molecule has 0 aliphatic carbocycles. The number of hydrogen-bond donors (Lipinski definition) is 8. The first-order valence-corrected chi connectivity index (χ1v) is 7.39.